The van der Waals surface area contributed by atoms with Crippen molar-refractivity contribution >= 4 is 5.91 Å². The Labute approximate surface area is 114 Å². The summed E-state index contributed by atoms with van der Waals surface area (Å²) in [5, 5.41) is 9.11. The van der Waals surface area contributed by atoms with Gasteiger partial charge in [0.2, 0.25) is 5.91 Å². The minimum absolute atomic E-state index is 0.115. The van der Waals surface area contributed by atoms with Crippen LogP contribution in [-0.4, -0.2) is 29.6 Å². The summed E-state index contributed by atoms with van der Waals surface area (Å²) in [5.74, 6) is 2.41. The van der Waals surface area contributed by atoms with E-state index in [1.54, 1.807) is 4.90 Å². The molecular weight excluding hydrogens is 242 g/mol. The maximum Gasteiger partial charge on any atom is 0.225 e. The highest BCUT2D eigenvalue weighted by Gasteiger charge is 2.28. The molecule has 0 unspecified atom stereocenters. The SMILES string of the molecule is Cc1ccc(CN(C)C(=O)C2CCC(CO)CC2)o1. The van der Waals surface area contributed by atoms with Gasteiger partial charge in [0.25, 0.3) is 0 Å². The van der Waals surface area contributed by atoms with Gasteiger partial charge in [0.15, 0.2) is 0 Å². The third-order valence-electron chi connectivity index (χ3n) is 4.02. The van der Waals surface area contributed by atoms with Gasteiger partial charge in [0.05, 0.1) is 6.54 Å². The van der Waals surface area contributed by atoms with E-state index in [9.17, 15) is 4.79 Å². The second kappa shape index (κ2) is 6.24. The molecular formula is C15H23NO3. The highest BCUT2D eigenvalue weighted by atomic mass is 16.3. The maximum absolute atomic E-state index is 12.3. The van der Waals surface area contributed by atoms with Crippen LogP contribution in [0.15, 0.2) is 16.5 Å². The monoisotopic (exact) mass is 265 g/mol. The highest BCUT2D eigenvalue weighted by molar-refractivity contribution is 5.78. The molecule has 106 valence electrons. The third kappa shape index (κ3) is 3.60. The van der Waals surface area contributed by atoms with E-state index in [2.05, 4.69) is 0 Å². The lowest BCUT2D eigenvalue weighted by Gasteiger charge is -2.29. The van der Waals surface area contributed by atoms with Gasteiger partial charge >= 0.3 is 0 Å². The van der Waals surface area contributed by atoms with Gasteiger partial charge in [-0.1, -0.05) is 0 Å². The first-order valence-corrected chi connectivity index (χ1v) is 7.01. The average Bonchev–Trinajstić information content (AvgIpc) is 2.83. The van der Waals surface area contributed by atoms with E-state index in [1.165, 1.54) is 0 Å². The number of furan rings is 1. The van der Waals surface area contributed by atoms with Gasteiger partial charge < -0.3 is 14.4 Å². The van der Waals surface area contributed by atoms with Crippen molar-refractivity contribution in [2.75, 3.05) is 13.7 Å². The lowest BCUT2D eigenvalue weighted by atomic mass is 9.82. The van der Waals surface area contributed by atoms with Crippen molar-refractivity contribution in [3.05, 3.63) is 23.7 Å². The van der Waals surface area contributed by atoms with Gasteiger partial charge in [-0.25, -0.2) is 0 Å². The van der Waals surface area contributed by atoms with Crippen LogP contribution in [0, 0.1) is 18.8 Å². The summed E-state index contributed by atoms with van der Waals surface area (Å²) in [6, 6.07) is 3.84. The topological polar surface area (TPSA) is 53.7 Å². The first kappa shape index (κ1) is 14.1. The average molecular weight is 265 g/mol. The number of aryl methyl sites for hydroxylation is 1. The molecule has 0 radical (unpaired) electrons. The van der Waals surface area contributed by atoms with Crippen LogP contribution in [0.2, 0.25) is 0 Å². The summed E-state index contributed by atoms with van der Waals surface area (Å²) in [5.41, 5.74) is 0. The smallest absolute Gasteiger partial charge is 0.225 e. The molecule has 1 fully saturated rings. The Morgan fingerprint density at radius 2 is 2.05 bits per heavy atom. The predicted molar refractivity (Wildman–Crippen MR) is 72.5 cm³/mol. The zero-order valence-corrected chi connectivity index (χ0v) is 11.8. The molecule has 0 saturated heterocycles. The summed E-state index contributed by atoms with van der Waals surface area (Å²) < 4.78 is 5.50. The fraction of sp³-hybridized carbons (Fsp3) is 0.667. The Balaban J connectivity index is 1.85. The Morgan fingerprint density at radius 1 is 1.37 bits per heavy atom. The number of carbonyl (C=O) groups is 1. The molecule has 1 aliphatic carbocycles. The van der Waals surface area contributed by atoms with Gasteiger partial charge in [0, 0.05) is 19.6 Å². The minimum Gasteiger partial charge on any atom is -0.464 e. The molecule has 1 aliphatic rings. The maximum atomic E-state index is 12.3. The zero-order valence-electron chi connectivity index (χ0n) is 11.8. The van der Waals surface area contributed by atoms with E-state index >= 15 is 0 Å². The predicted octanol–water partition coefficient (Wildman–Crippen LogP) is 2.35. The first-order valence-electron chi connectivity index (χ1n) is 7.01. The third-order valence-corrected chi connectivity index (χ3v) is 4.02. The fourth-order valence-corrected chi connectivity index (χ4v) is 2.79. The van der Waals surface area contributed by atoms with Crippen LogP contribution < -0.4 is 0 Å². The first-order chi connectivity index (χ1) is 9.10. The number of aliphatic hydroxyl groups excluding tert-OH is 1. The molecule has 4 nitrogen and oxygen atoms in total. The fourth-order valence-electron chi connectivity index (χ4n) is 2.79. The van der Waals surface area contributed by atoms with E-state index in [0.29, 0.717) is 12.5 Å². The number of hydrogen-bond acceptors (Lipinski definition) is 3. The molecule has 0 aliphatic heterocycles. The second-order valence-electron chi connectivity index (χ2n) is 5.61. The van der Waals surface area contributed by atoms with Crippen molar-refractivity contribution < 1.29 is 14.3 Å². The molecule has 0 spiro atoms. The van der Waals surface area contributed by atoms with Crippen molar-refractivity contribution in [2.45, 2.75) is 39.2 Å². The number of hydrogen-bond donors (Lipinski definition) is 1. The van der Waals surface area contributed by atoms with Crippen LogP contribution >= 0.6 is 0 Å². The number of carbonyl (C=O) groups excluding carboxylic acids is 1. The number of rotatable bonds is 4. The molecule has 0 atom stereocenters. The van der Waals surface area contributed by atoms with Gasteiger partial charge in [-0.15, -0.1) is 0 Å². The summed E-state index contributed by atoms with van der Waals surface area (Å²) >= 11 is 0. The van der Waals surface area contributed by atoms with Crippen LogP contribution in [-0.2, 0) is 11.3 Å². The van der Waals surface area contributed by atoms with Crippen molar-refractivity contribution in [3.8, 4) is 0 Å². The molecule has 4 heteroatoms. The van der Waals surface area contributed by atoms with Crippen molar-refractivity contribution in [2.24, 2.45) is 11.8 Å². The Hall–Kier alpha value is -1.29. The number of aliphatic hydroxyl groups is 1. The van der Waals surface area contributed by atoms with Crippen molar-refractivity contribution in [1.29, 1.82) is 0 Å². The highest BCUT2D eigenvalue weighted by Crippen LogP contribution is 2.29. The van der Waals surface area contributed by atoms with Gasteiger partial charge in [-0.2, -0.15) is 0 Å². The van der Waals surface area contributed by atoms with Crippen LogP contribution in [0.3, 0.4) is 0 Å². The zero-order chi connectivity index (χ0) is 13.8. The lowest BCUT2D eigenvalue weighted by Crippen LogP contribution is -2.34. The molecule has 0 aromatic carbocycles. The van der Waals surface area contributed by atoms with Gasteiger partial charge in [0.1, 0.15) is 11.5 Å². The van der Waals surface area contributed by atoms with E-state index < -0.39 is 0 Å². The number of nitrogens with zero attached hydrogens (tertiary/aromatic N) is 1. The molecule has 1 aromatic heterocycles. The molecule has 1 aromatic rings. The molecule has 1 N–H and O–H groups in total. The second-order valence-corrected chi connectivity index (χ2v) is 5.61. The van der Waals surface area contributed by atoms with Crippen LogP contribution in [0.5, 0.6) is 0 Å². The van der Waals surface area contributed by atoms with Crippen LogP contribution in [0.4, 0.5) is 0 Å². The minimum atomic E-state index is 0.115. The summed E-state index contributed by atoms with van der Waals surface area (Å²) in [7, 11) is 1.83. The summed E-state index contributed by atoms with van der Waals surface area (Å²) in [6.07, 6.45) is 3.71. The van der Waals surface area contributed by atoms with Gasteiger partial charge in [-0.05, 0) is 50.7 Å². The van der Waals surface area contributed by atoms with Crippen molar-refractivity contribution in [1.82, 2.24) is 4.90 Å². The lowest BCUT2D eigenvalue weighted by molar-refractivity contribution is -0.136. The molecule has 1 saturated carbocycles. The molecule has 1 amide bonds. The Bertz CT molecular complexity index is 419. The summed E-state index contributed by atoms with van der Waals surface area (Å²) in [6.45, 7) is 2.69. The Kier molecular flexibility index (Phi) is 4.64. The van der Waals surface area contributed by atoms with Crippen LogP contribution in [0.1, 0.15) is 37.2 Å². The standard InChI is InChI=1S/C15H23NO3/c1-11-3-8-14(19-11)9-16(2)15(18)13-6-4-12(10-17)5-7-13/h3,8,12-13,17H,4-7,9-10H2,1-2H3. The molecule has 0 bridgehead atoms. The van der Waals surface area contributed by atoms with E-state index in [0.717, 1.165) is 37.2 Å². The largest absolute Gasteiger partial charge is 0.464 e. The number of amides is 1. The summed E-state index contributed by atoms with van der Waals surface area (Å²) in [4.78, 5) is 14.1. The van der Waals surface area contributed by atoms with Gasteiger partial charge in [-0.3, -0.25) is 4.79 Å². The normalized spacial score (nSPS) is 23.3. The quantitative estimate of drug-likeness (QED) is 0.909. The molecule has 19 heavy (non-hydrogen) atoms. The van der Waals surface area contributed by atoms with Crippen molar-refractivity contribution in [3.63, 3.8) is 0 Å². The molecule has 1 heterocycles. The van der Waals surface area contributed by atoms with E-state index in [1.807, 2.05) is 26.1 Å². The molecule has 2 rings (SSSR count). The van der Waals surface area contributed by atoms with Crippen LogP contribution in [0.25, 0.3) is 0 Å². The Morgan fingerprint density at radius 3 is 2.58 bits per heavy atom. The van der Waals surface area contributed by atoms with E-state index in [-0.39, 0.29) is 18.4 Å². The van der Waals surface area contributed by atoms with E-state index in [4.69, 9.17) is 9.52 Å².